The Bertz CT molecular complexity index is 451. The van der Waals surface area contributed by atoms with Crippen LogP contribution < -0.4 is 5.73 Å². The van der Waals surface area contributed by atoms with Crippen molar-refractivity contribution in [2.45, 2.75) is 44.0 Å². The molecule has 6 nitrogen and oxygen atoms in total. The van der Waals surface area contributed by atoms with Crippen LogP contribution in [0.3, 0.4) is 0 Å². The Kier molecular flexibility index (Phi) is 4.89. The summed E-state index contributed by atoms with van der Waals surface area (Å²) >= 11 is 0. The number of hydrogen-bond donors (Lipinski definition) is 2. The SMILES string of the molecule is CCCN(C(C)(CC)CN)S(=O)(=O)c1cn[nH]c1. The summed E-state index contributed by atoms with van der Waals surface area (Å²) in [6.07, 6.45) is 4.13. The first-order chi connectivity index (χ1) is 8.42. The van der Waals surface area contributed by atoms with E-state index >= 15 is 0 Å². The fourth-order valence-electron chi connectivity index (χ4n) is 1.81. The summed E-state index contributed by atoms with van der Waals surface area (Å²) in [5.74, 6) is 0. The number of aromatic nitrogens is 2. The van der Waals surface area contributed by atoms with Gasteiger partial charge in [0.2, 0.25) is 10.0 Å². The maximum atomic E-state index is 12.6. The monoisotopic (exact) mass is 274 g/mol. The molecule has 0 amide bonds. The van der Waals surface area contributed by atoms with Crippen LogP contribution in [-0.2, 0) is 10.0 Å². The van der Waals surface area contributed by atoms with Gasteiger partial charge in [-0.25, -0.2) is 8.42 Å². The second kappa shape index (κ2) is 5.81. The van der Waals surface area contributed by atoms with Crippen molar-refractivity contribution in [3.63, 3.8) is 0 Å². The van der Waals surface area contributed by atoms with Gasteiger partial charge in [-0.2, -0.15) is 9.40 Å². The predicted octanol–water partition coefficient (Wildman–Crippen LogP) is 0.938. The van der Waals surface area contributed by atoms with E-state index < -0.39 is 15.6 Å². The van der Waals surface area contributed by atoms with Crippen LogP contribution in [0.1, 0.15) is 33.6 Å². The van der Waals surface area contributed by atoms with Gasteiger partial charge in [-0.05, 0) is 19.8 Å². The predicted molar refractivity (Wildman–Crippen MR) is 70.5 cm³/mol. The summed E-state index contributed by atoms with van der Waals surface area (Å²) in [6, 6.07) is 0. The highest BCUT2D eigenvalue weighted by molar-refractivity contribution is 7.89. The number of nitrogens with zero attached hydrogens (tertiary/aromatic N) is 2. The van der Waals surface area contributed by atoms with Crippen molar-refractivity contribution in [1.82, 2.24) is 14.5 Å². The van der Waals surface area contributed by atoms with Gasteiger partial charge in [-0.3, -0.25) is 5.10 Å². The fraction of sp³-hybridized carbons (Fsp3) is 0.727. The third-order valence-corrected chi connectivity index (χ3v) is 5.31. The molecule has 0 aliphatic rings. The molecule has 1 rings (SSSR count). The lowest BCUT2D eigenvalue weighted by Crippen LogP contribution is -2.54. The van der Waals surface area contributed by atoms with Crippen molar-refractivity contribution < 1.29 is 8.42 Å². The van der Waals surface area contributed by atoms with Crippen LogP contribution in [0.4, 0.5) is 0 Å². The quantitative estimate of drug-likeness (QED) is 0.774. The first kappa shape index (κ1) is 15.1. The van der Waals surface area contributed by atoms with Gasteiger partial charge < -0.3 is 5.73 Å². The molecular weight excluding hydrogens is 252 g/mol. The van der Waals surface area contributed by atoms with E-state index in [0.29, 0.717) is 19.5 Å². The van der Waals surface area contributed by atoms with Crippen LogP contribution in [0, 0.1) is 0 Å². The van der Waals surface area contributed by atoms with E-state index in [2.05, 4.69) is 10.2 Å². The molecule has 0 aromatic carbocycles. The van der Waals surface area contributed by atoms with Gasteiger partial charge in [0.05, 0.1) is 6.20 Å². The third kappa shape index (κ3) is 2.73. The van der Waals surface area contributed by atoms with Gasteiger partial charge in [-0.1, -0.05) is 13.8 Å². The van der Waals surface area contributed by atoms with Gasteiger partial charge >= 0.3 is 0 Å². The van der Waals surface area contributed by atoms with Crippen molar-refractivity contribution in [1.29, 1.82) is 0 Å². The van der Waals surface area contributed by atoms with Crippen LogP contribution in [0.5, 0.6) is 0 Å². The maximum absolute atomic E-state index is 12.6. The van der Waals surface area contributed by atoms with Crippen LogP contribution in [0.2, 0.25) is 0 Å². The minimum atomic E-state index is -3.54. The van der Waals surface area contributed by atoms with Gasteiger partial charge in [0, 0.05) is 24.8 Å². The van der Waals surface area contributed by atoms with E-state index in [9.17, 15) is 8.42 Å². The van der Waals surface area contributed by atoms with E-state index in [0.717, 1.165) is 6.42 Å². The van der Waals surface area contributed by atoms with Crippen LogP contribution in [-0.4, -0.2) is 41.5 Å². The molecule has 7 heteroatoms. The molecule has 0 spiro atoms. The molecule has 0 saturated carbocycles. The van der Waals surface area contributed by atoms with E-state index in [1.807, 2.05) is 20.8 Å². The zero-order valence-corrected chi connectivity index (χ0v) is 12.0. The molecule has 3 N–H and O–H groups in total. The van der Waals surface area contributed by atoms with Crippen molar-refractivity contribution in [3.8, 4) is 0 Å². The molecule has 0 aliphatic carbocycles. The lowest BCUT2D eigenvalue weighted by molar-refractivity contribution is 0.206. The molecule has 104 valence electrons. The zero-order valence-electron chi connectivity index (χ0n) is 11.2. The smallest absolute Gasteiger partial charge is 0.246 e. The average Bonchev–Trinajstić information content (AvgIpc) is 2.89. The van der Waals surface area contributed by atoms with Crippen LogP contribution >= 0.6 is 0 Å². The van der Waals surface area contributed by atoms with E-state index in [1.165, 1.54) is 16.7 Å². The molecule has 1 unspecified atom stereocenters. The number of nitrogens with two attached hydrogens (primary N) is 1. The van der Waals surface area contributed by atoms with Crippen molar-refractivity contribution >= 4 is 10.0 Å². The third-order valence-electron chi connectivity index (χ3n) is 3.29. The second-order valence-electron chi connectivity index (χ2n) is 4.57. The molecule has 1 atom stereocenters. The molecule has 0 fully saturated rings. The molecule has 18 heavy (non-hydrogen) atoms. The number of rotatable bonds is 7. The van der Waals surface area contributed by atoms with Gasteiger partial charge in [0.15, 0.2) is 0 Å². The number of sulfonamides is 1. The minimum absolute atomic E-state index is 0.184. The van der Waals surface area contributed by atoms with E-state index in [1.54, 1.807) is 0 Å². The maximum Gasteiger partial charge on any atom is 0.246 e. The molecule has 0 radical (unpaired) electrons. The Balaban J connectivity index is 3.21. The summed E-state index contributed by atoms with van der Waals surface area (Å²) in [6.45, 7) is 6.51. The summed E-state index contributed by atoms with van der Waals surface area (Å²) in [5, 5.41) is 6.24. The molecule has 1 heterocycles. The first-order valence-electron chi connectivity index (χ1n) is 6.14. The molecular formula is C11H22N4O2S. The van der Waals surface area contributed by atoms with Crippen LogP contribution in [0.15, 0.2) is 17.3 Å². The minimum Gasteiger partial charge on any atom is -0.329 e. The number of nitrogens with one attached hydrogen (secondary N) is 1. The van der Waals surface area contributed by atoms with Crippen molar-refractivity contribution in [2.75, 3.05) is 13.1 Å². The number of hydrogen-bond acceptors (Lipinski definition) is 4. The largest absolute Gasteiger partial charge is 0.329 e. The normalized spacial score (nSPS) is 15.8. The highest BCUT2D eigenvalue weighted by Crippen LogP contribution is 2.26. The molecule has 1 aromatic heterocycles. The van der Waals surface area contributed by atoms with E-state index in [4.69, 9.17) is 5.73 Å². The van der Waals surface area contributed by atoms with Gasteiger partial charge in [0.1, 0.15) is 4.90 Å². The Morgan fingerprint density at radius 2 is 2.17 bits per heavy atom. The summed E-state index contributed by atoms with van der Waals surface area (Å²) in [7, 11) is -3.54. The zero-order chi connectivity index (χ0) is 13.8. The number of H-pyrrole nitrogens is 1. The van der Waals surface area contributed by atoms with Gasteiger partial charge in [0.25, 0.3) is 0 Å². The standard InChI is InChI=1S/C11H22N4O2S/c1-4-6-15(11(3,5-2)9-12)18(16,17)10-7-13-14-8-10/h7-8H,4-6,9,12H2,1-3H3,(H,13,14). The average molecular weight is 274 g/mol. The van der Waals surface area contributed by atoms with Crippen molar-refractivity contribution in [2.24, 2.45) is 5.73 Å². The lowest BCUT2D eigenvalue weighted by Gasteiger charge is -2.38. The van der Waals surface area contributed by atoms with Crippen molar-refractivity contribution in [3.05, 3.63) is 12.4 Å². The molecule has 0 bridgehead atoms. The summed E-state index contributed by atoms with van der Waals surface area (Å²) < 4.78 is 26.6. The topological polar surface area (TPSA) is 92.1 Å². The molecule has 0 aliphatic heterocycles. The Labute approximate surface area is 109 Å². The Morgan fingerprint density at radius 3 is 2.56 bits per heavy atom. The first-order valence-corrected chi connectivity index (χ1v) is 7.58. The molecule has 0 saturated heterocycles. The lowest BCUT2D eigenvalue weighted by atomic mass is 9.99. The highest BCUT2D eigenvalue weighted by atomic mass is 32.2. The Hall–Kier alpha value is -0.920. The highest BCUT2D eigenvalue weighted by Gasteiger charge is 2.38. The summed E-state index contributed by atoms with van der Waals surface area (Å²) in [5.41, 5.74) is 5.21. The van der Waals surface area contributed by atoms with E-state index in [-0.39, 0.29) is 4.90 Å². The fourth-order valence-corrected chi connectivity index (χ4v) is 3.66. The Morgan fingerprint density at radius 1 is 1.50 bits per heavy atom. The second-order valence-corrected chi connectivity index (χ2v) is 6.43. The number of aromatic amines is 1. The molecule has 1 aromatic rings. The van der Waals surface area contributed by atoms with Gasteiger partial charge in [-0.15, -0.1) is 0 Å². The summed E-state index contributed by atoms with van der Waals surface area (Å²) in [4.78, 5) is 0.184. The van der Waals surface area contributed by atoms with Crippen LogP contribution in [0.25, 0.3) is 0 Å².